The Morgan fingerprint density at radius 2 is 1.83 bits per heavy atom. The molecular formula is C14H10Cl2NO+. The van der Waals surface area contributed by atoms with Gasteiger partial charge in [-0.1, -0.05) is 35.3 Å². The molecule has 90 valence electrons. The van der Waals surface area contributed by atoms with Crippen molar-refractivity contribution in [3.05, 3.63) is 52.5 Å². The van der Waals surface area contributed by atoms with E-state index in [4.69, 9.17) is 27.7 Å². The monoisotopic (exact) mass is 278 g/mol. The predicted molar refractivity (Wildman–Crippen MR) is 72.8 cm³/mol. The summed E-state index contributed by atoms with van der Waals surface area (Å²) < 4.78 is 7.47. The Balaban J connectivity index is 2.36. The summed E-state index contributed by atoms with van der Waals surface area (Å²) in [6.07, 6.45) is 0. The van der Waals surface area contributed by atoms with Crippen LogP contribution >= 0.6 is 23.2 Å². The molecule has 0 amide bonds. The van der Waals surface area contributed by atoms with Gasteiger partial charge in [0.25, 0.3) is 5.52 Å². The molecule has 3 aromatic rings. The number of fused-ring (bicyclic) bond motifs is 1. The first-order valence-corrected chi connectivity index (χ1v) is 6.26. The Bertz CT molecular complexity index is 734. The molecule has 0 unspecified atom stereocenters. The van der Waals surface area contributed by atoms with E-state index in [1.165, 1.54) is 0 Å². The highest BCUT2D eigenvalue weighted by Crippen LogP contribution is 2.33. The maximum Gasteiger partial charge on any atom is 0.262 e. The average molecular weight is 279 g/mol. The van der Waals surface area contributed by atoms with Gasteiger partial charge in [0, 0.05) is 16.7 Å². The number of rotatable bonds is 1. The summed E-state index contributed by atoms with van der Waals surface area (Å²) in [5.74, 6) is 0.737. The van der Waals surface area contributed by atoms with Crippen LogP contribution < -0.4 is 4.74 Å². The van der Waals surface area contributed by atoms with E-state index in [1.807, 2.05) is 49.5 Å². The fourth-order valence-electron chi connectivity index (χ4n) is 2.04. The third-order valence-electron chi connectivity index (χ3n) is 2.89. The first-order valence-electron chi connectivity index (χ1n) is 5.50. The third-order valence-corrected chi connectivity index (χ3v) is 3.45. The van der Waals surface area contributed by atoms with Gasteiger partial charge in [-0.25, -0.2) is 4.52 Å². The fraction of sp³-hybridized carbons (Fsp3) is 0.0714. The van der Waals surface area contributed by atoms with Crippen LogP contribution in [0.1, 0.15) is 0 Å². The van der Waals surface area contributed by atoms with Gasteiger partial charge in [-0.2, -0.15) is 0 Å². The third kappa shape index (κ3) is 1.78. The molecule has 0 aliphatic rings. The Labute approximate surface area is 114 Å². The summed E-state index contributed by atoms with van der Waals surface area (Å²) in [6, 6.07) is 13.3. The van der Waals surface area contributed by atoms with Crippen LogP contribution in [0.25, 0.3) is 22.2 Å². The lowest BCUT2D eigenvalue weighted by Gasteiger charge is -1.97. The summed E-state index contributed by atoms with van der Waals surface area (Å²) >= 11 is 12.2. The lowest BCUT2D eigenvalue weighted by molar-refractivity contribution is -0.823. The Morgan fingerprint density at radius 3 is 2.61 bits per heavy atom. The van der Waals surface area contributed by atoms with Crippen molar-refractivity contribution in [3.63, 3.8) is 0 Å². The average Bonchev–Trinajstić information content (AvgIpc) is 2.67. The molecule has 0 fully saturated rings. The summed E-state index contributed by atoms with van der Waals surface area (Å²) in [5.41, 5.74) is 1.85. The van der Waals surface area contributed by atoms with Gasteiger partial charge in [0.05, 0.1) is 5.02 Å². The van der Waals surface area contributed by atoms with Crippen LogP contribution in [0.15, 0.2) is 47.0 Å². The van der Waals surface area contributed by atoms with Gasteiger partial charge in [0.2, 0.25) is 5.76 Å². The number of nitrogens with zero attached hydrogens (tertiary/aromatic N) is 1. The standard InChI is InChI=1S/C14H10Cl2NO/c1-17-13-7-6-9(15)8-11(13)14(18-17)10-4-2-3-5-12(10)16/h2-8H,1H3/q+1. The summed E-state index contributed by atoms with van der Waals surface area (Å²) in [5, 5.41) is 2.30. The fourth-order valence-corrected chi connectivity index (χ4v) is 2.43. The summed E-state index contributed by atoms with van der Waals surface area (Å²) in [7, 11) is 1.86. The molecule has 0 saturated heterocycles. The zero-order chi connectivity index (χ0) is 12.7. The van der Waals surface area contributed by atoms with Gasteiger partial charge in [-0.3, -0.25) is 0 Å². The largest absolute Gasteiger partial charge is 0.262 e. The first kappa shape index (κ1) is 11.6. The van der Waals surface area contributed by atoms with Crippen molar-refractivity contribution in [1.29, 1.82) is 0 Å². The number of hydrogen-bond acceptors (Lipinski definition) is 1. The van der Waals surface area contributed by atoms with Gasteiger partial charge in [0.15, 0.2) is 7.05 Å². The Hall–Kier alpha value is -1.51. The predicted octanol–water partition coefficient (Wildman–Crippen LogP) is 4.23. The maximum atomic E-state index is 6.21. The van der Waals surface area contributed by atoms with Gasteiger partial charge in [0.1, 0.15) is 5.39 Å². The number of benzene rings is 2. The molecule has 1 aromatic heterocycles. The molecule has 0 bridgehead atoms. The molecular weight excluding hydrogens is 269 g/mol. The van der Waals surface area contributed by atoms with E-state index < -0.39 is 0 Å². The van der Waals surface area contributed by atoms with Crippen LogP contribution in [0.2, 0.25) is 10.0 Å². The molecule has 0 saturated carbocycles. The van der Waals surface area contributed by atoms with Gasteiger partial charge >= 0.3 is 0 Å². The van der Waals surface area contributed by atoms with E-state index in [0.717, 1.165) is 22.2 Å². The number of aryl methyl sites for hydroxylation is 1. The smallest absolute Gasteiger partial charge is 0.235 e. The molecule has 3 rings (SSSR count). The second kappa shape index (κ2) is 4.30. The highest BCUT2D eigenvalue weighted by atomic mass is 35.5. The minimum Gasteiger partial charge on any atom is -0.235 e. The van der Waals surface area contributed by atoms with E-state index in [9.17, 15) is 0 Å². The highest BCUT2D eigenvalue weighted by Gasteiger charge is 2.21. The first-order chi connectivity index (χ1) is 8.66. The molecule has 2 aromatic carbocycles. The molecule has 0 atom stereocenters. The van der Waals surface area contributed by atoms with Crippen LogP contribution in [0.5, 0.6) is 0 Å². The van der Waals surface area contributed by atoms with Gasteiger partial charge in [-0.05, 0) is 29.0 Å². The summed E-state index contributed by atoms with van der Waals surface area (Å²) in [4.78, 5) is 0. The second-order valence-corrected chi connectivity index (χ2v) is 4.90. The molecule has 0 spiro atoms. The zero-order valence-electron chi connectivity index (χ0n) is 9.65. The molecule has 4 heteroatoms. The molecule has 1 heterocycles. The van der Waals surface area contributed by atoms with Gasteiger partial charge < -0.3 is 0 Å². The lowest BCUT2D eigenvalue weighted by atomic mass is 10.1. The van der Waals surface area contributed by atoms with Crippen molar-refractivity contribution in [1.82, 2.24) is 0 Å². The van der Waals surface area contributed by atoms with Crippen molar-refractivity contribution >= 4 is 34.1 Å². The van der Waals surface area contributed by atoms with Crippen molar-refractivity contribution in [3.8, 4) is 11.3 Å². The maximum absolute atomic E-state index is 6.21. The number of halogens is 2. The number of aromatic nitrogens is 1. The molecule has 0 aliphatic heterocycles. The molecule has 0 radical (unpaired) electrons. The van der Waals surface area contributed by atoms with Crippen LogP contribution in [0, 0.1) is 0 Å². The van der Waals surface area contributed by atoms with Crippen molar-refractivity contribution in [2.45, 2.75) is 0 Å². The van der Waals surface area contributed by atoms with Crippen LogP contribution in [-0.4, -0.2) is 0 Å². The number of hydrogen-bond donors (Lipinski definition) is 0. The van der Waals surface area contributed by atoms with E-state index in [-0.39, 0.29) is 0 Å². The topological polar surface area (TPSA) is 17.0 Å². The van der Waals surface area contributed by atoms with E-state index in [2.05, 4.69) is 0 Å². The normalized spacial score (nSPS) is 11.1. The lowest BCUT2D eigenvalue weighted by Crippen LogP contribution is -2.24. The second-order valence-electron chi connectivity index (χ2n) is 4.06. The van der Waals surface area contributed by atoms with Crippen molar-refractivity contribution in [2.24, 2.45) is 7.05 Å². The SMILES string of the molecule is C[n+]1oc(-c2ccccc2Cl)c2cc(Cl)ccc21. The van der Waals surface area contributed by atoms with E-state index in [1.54, 1.807) is 4.74 Å². The summed E-state index contributed by atoms with van der Waals surface area (Å²) in [6.45, 7) is 0. The van der Waals surface area contributed by atoms with E-state index in [0.29, 0.717) is 10.0 Å². The Kier molecular flexibility index (Phi) is 2.77. The van der Waals surface area contributed by atoms with Crippen LogP contribution in [0.3, 0.4) is 0 Å². The molecule has 2 nitrogen and oxygen atoms in total. The Morgan fingerprint density at radius 1 is 1.06 bits per heavy atom. The van der Waals surface area contributed by atoms with Crippen molar-refractivity contribution in [2.75, 3.05) is 0 Å². The van der Waals surface area contributed by atoms with Crippen molar-refractivity contribution < 1.29 is 9.26 Å². The van der Waals surface area contributed by atoms with E-state index >= 15 is 0 Å². The molecule has 18 heavy (non-hydrogen) atoms. The van der Waals surface area contributed by atoms with Gasteiger partial charge in [-0.15, -0.1) is 0 Å². The minimum atomic E-state index is 0.661. The highest BCUT2D eigenvalue weighted by molar-refractivity contribution is 6.34. The van der Waals surface area contributed by atoms with Crippen LogP contribution in [0.4, 0.5) is 0 Å². The van der Waals surface area contributed by atoms with Crippen LogP contribution in [-0.2, 0) is 7.05 Å². The molecule has 0 aliphatic carbocycles. The molecule has 0 N–H and O–H groups in total. The zero-order valence-corrected chi connectivity index (χ0v) is 11.2. The minimum absolute atomic E-state index is 0.661. The quantitative estimate of drug-likeness (QED) is 0.609.